The predicted molar refractivity (Wildman–Crippen MR) is 78.2 cm³/mol. The molecule has 2 aliphatic rings. The van der Waals surface area contributed by atoms with Crippen LogP contribution < -0.4 is 5.32 Å². The van der Waals surface area contributed by atoms with E-state index in [2.05, 4.69) is 12.2 Å². The highest BCUT2D eigenvalue weighted by Gasteiger charge is 2.29. The molecule has 1 saturated carbocycles. The van der Waals surface area contributed by atoms with E-state index in [0.29, 0.717) is 12.1 Å². The van der Waals surface area contributed by atoms with E-state index < -0.39 is 0 Å². The lowest BCUT2D eigenvalue weighted by molar-refractivity contribution is 0.116. The van der Waals surface area contributed by atoms with Crippen LogP contribution in [-0.4, -0.2) is 55.1 Å². The second kappa shape index (κ2) is 6.60. The third kappa shape index (κ3) is 3.62. The SMILES string of the molecule is CNC1CCC(N(C)C(=O)N2CCC(C)CC2)CC1. The maximum atomic E-state index is 12.5. The number of hydrogen-bond donors (Lipinski definition) is 1. The molecule has 0 radical (unpaired) electrons. The van der Waals surface area contributed by atoms with Gasteiger partial charge in [0.25, 0.3) is 0 Å². The number of rotatable bonds is 2. The van der Waals surface area contributed by atoms with E-state index in [4.69, 9.17) is 0 Å². The Morgan fingerprint density at radius 3 is 2.21 bits per heavy atom. The smallest absolute Gasteiger partial charge is 0.319 e. The molecule has 0 unspecified atom stereocenters. The number of piperidine rings is 1. The van der Waals surface area contributed by atoms with Gasteiger partial charge in [-0.2, -0.15) is 0 Å². The van der Waals surface area contributed by atoms with Gasteiger partial charge >= 0.3 is 6.03 Å². The summed E-state index contributed by atoms with van der Waals surface area (Å²) in [5, 5.41) is 3.35. The van der Waals surface area contributed by atoms with Gasteiger partial charge in [0, 0.05) is 32.2 Å². The van der Waals surface area contributed by atoms with Crippen molar-refractivity contribution >= 4 is 6.03 Å². The molecule has 1 heterocycles. The third-order valence-corrected chi connectivity index (χ3v) is 5.01. The third-order valence-electron chi connectivity index (χ3n) is 5.01. The Kier molecular flexibility index (Phi) is 5.08. The second-order valence-electron chi connectivity index (χ2n) is 6.36. The van der Waals surface area contributed by atoms with Gasteiger partial charge in [-0.05, 0) is 51.5 Å². The first-order valence-electron chi connectivity index (χ1n) is 7.80. The number of carbonyl (C=O) groups excluding carboxylic acids is 1. The van der Waals surface area contributed by atoms with Crippen molar-refractivity contribution in [3.8, 4) is 0 Å². The molecule has 0 bridgehead atoms. The minimum absolute atomic E-state index is 0.250. The Bertz CT molecular complexity index is 292. The standard InChI is InChI=1S/C15H29N3O/c1-12-8-10-18(11-9-12)15(19)17(3)14-6-4-13(16-2)5-7-14/h12-14,16H,4-11H2,1-3H3. The molecule has 4 heteroatoms. The molecule has 0 atom stereocenters. The fraction of sp³-hybridized carbons (Fsp3) is 0.933. The minimum atomic E-state index is 0.250. The molecule has 1 N–H and O–H groups in total. The Morgan fingerprint density at radius 2 is 1.68 bits per heavy atom. The molecule has 110 valence electrons. The van der Waals surface area contributed by atoms with Crippen LogP contribution in [0.25, 0.3) is 0 Å². The Labute approximate surface area is 117 Å². The van der Waals surface area contributed by atoms with Crippen molar-refractivity contribution in [1.82, 2.24) is 15.1 Å². The van der Waals surface area contributed by atoms with Crippen LogP contribution in [0.5, 0.6) is 0 Å². The summed E-state index contributed by atoms with van der Waals surface area (Å²) in [7, 11) is 4.03. The lowest BCUT2D eigenvalue weighted by atomic mass is 9.90. The maximum absolute atomic E-state index is 12.5. The number of hydrogen-bond acceptors (Lipinski definition) is 2. The molecule has 0 aromatic heterocycles. The van der Waals surface area contributed by atoms with Gasteiger partial charge in [0.1, 0.15) is 0 Å². The minimum Gasteiger partial charge on any atom is -0.325 e. The number of carbonyl (C=O) groups is 1. The first-order chi connectivity index (χ1) is 9.11. The molecule has 2 fully saturated rings. The number of amides is 2. The predicted octanol–water partition coefficient (Wildman–Crippen LogP) is 2.30. The van der Waals surface area contributed by atoms with Crippen molar-refractivity contribution in [3.63, 3.8) is 0 Å². The number of nitrogens with zero attached hydrogens (tertiary/aromatic N) is 2. The molecule has 4 nitrogen and oxygen atoms in total. The van der Waals surface area contributed by atoms with Gasteiger partial charge in [0.2, 0.25) is 0 Å². The largest absolute Gasteiger partial charge is 0.325 e. The summed E-state index contributed by atoms with van der Waals surface area (Å²) in [6, 6.07) is 1.34. The molecular formula is C15H29N3O. The van der Waals surface area contributed by atoms with Crippen LogP contribution in [0.3, 0.4) is 0 Å². The summed E-state index contributed by atoms with van der Waals surface area (Å²) < 4.78 is 0. The highest BCUT2D eigenvalue weighted by molar-refractivity contribution is 5.74. The second-order valence-corrected chi connectivity index (χ2v) is 6.36. The van der Waals surface area contributed by atoms with Gasteiger partial charge in [-0.25, -0.2) is 4.79 Å². The van der Waals surface area contributed by atoms with Crippen LogP contribution in [0.15, 0.2) is 0 Å². The molecule has 0 aromatic rings. The maximum Gasteiger partial charge on any atom is 0.319 e. The molecule has 1 aliphatic carbocycles. The molecule has 1 saturated heterocycles. The van der Waals surface area contributed by atoms with E-state index in [1.165, 1.54) is 12.8 Å². The molecule has 2 rings (SSSR count). The zero-order valence-electron chi connectivity index (χ0n) is 12.7. The fourth-order valence-electron chi connectivity index (χ4n) is 3.33. The summed E-state index contributed by atoms with van der Waals surface area (Å²) in [6.45, 7) is 4.16. The van der Waals surface area contributed by atoms with Crippen molar-refractivity contribution in [3.05, 3.63) is 0 Å². The first-order valence-corrected chi connectivity index (χ1v) is 7.80. The average Bonchev–Trinajstić information content (AvgIpc) is 2.46. The van der Waals surface area contributed by atoms with Crippen molar-refractivity contribution in [2.45, 2.75) is 57.5 Å². The summed E-state index contributed by atoms with van der Waals surface area (Å²) in [5.74, 6) is 0.778. The van der Waals surface area contributed by atoms with Gasteiger partial charge < -0.3 is 15.1 Å². The summed E-state index contributed by atoms with van der Waals surface area (Å²) >= 11 is 0. The topological polar surface area (TPSA) is 35.6 Å². The van der Waals surface area contributed by atoms with Gasteiger partial charge in [-0.3, -0.25) is 0 Å². The fourth-order valence-corrected chi connectivity index (χ4v) is 3.33. The lowest BCUT2D eigenvalue weighted by Gasteiger charge is -2.39. The van der Waals surface area contributed by atoms with Crippen molar-refractivity contribution < 1.29 is 4.79 Å². The van der Waals surface area contributed by atoms with Crippen LogP contribution >= 0.6 is 0 Å². The summed E-state index contributed by atoms with van der Waals surface area (Å²) in [4.78, 5) is 16.5. The van der Waals surface area contributed by atoms with E-state index >= 15 is 0 Å². The number of nitrogens with one attached hydrogen (secondary N) is 1. The Hall–Kier alpha value is -0.770. The van der Waals surface area contributed by atoms with E-state index in [-0.39, 0.29) is 6.03 Å². The molecule has 1 aliphatic heterocycles. The average molecular weight is 267 g/mol. The number of likely N-dealkylation sites (tertiary alicyclic amines) is 1. The van der Waals surface area contributed by atoms with Crippen molar-refractivity contribution in [2.75, 3.05) is 27.2 Å². The molecule has 0 spiro atoms. The Balaban J connectivity index is 1.82. The zero-order chi connectivity index (χ0) is 13.8. The van der Waals surface area contributed by atoms with Crippen LogP contribution in [0.1, 0.15) is 45.4 Å². The van der Waals surface area contributed by atoms with E-state index in [9.17, 15) is 4.79 Å². The summed E-state index contributed by atoms with van der Waals surface area (Å²) in [5.41, 5.74) is 0. The van der Waals surface area contributed by atoms with E-state index in [1.807, 2.05) is 23.9 Å². The molecule has 2 amide bonds. The normalized spacial score (nSPS) is 29.3. The van der Waals surface area contributed by atoms with Gasteiger partial charge in [-0.1, -0.05) is 6.92 Å². The van der Waals surface area contributed by atoms with Gasteiger partial charge in [-0.15, -0.1) is 0 Å². The quantitative estimate of drug-likeness (QED) is 0.833. The van der Waals surface area contributed by atoms with Crippen LogP contribution in [0.2, 0.25) is 0 Å². The number of urea groups is 1. The van der Waals surface area contributed by atoms with Crippen LogP contribution in [0.4, 0.5) is 4.79 Å². The zero-order valence-corrected chi connectivity index (χ0v) is 12.7. The van der Waals surface area contributed by atoms with Crippen molar-refractivity contribution in [1.29, 1.82) is 0 Å². The van der Waals surface area contributed by atoms with Crippen molar-refractivity contribution in [2.24, 2.45) is 5.92 Å². The Morgan fingerprint density at radius 1 is 1.11 bits per heavy atom. The molecule has 19 heavy (non-hydrogen) atoms. The van der Waals surface area contributed by atoms with E-state index in [1.54, 1.807) is 0 Å². The highest BCUT2D eigenvalue weighted by atomic mass is 16.2. The lowest BCUT2D eigenvalue weighted by Crippen LogP contribution is -2.50. The van der Waals surface area contributed by atoms with Gasteiger partial charge in [0.15, 0.2) is 0 Å². The van der Waals surface area contributed by atoms with E-state index in [0.717, 1.165) is 44.7 Å². The molecule has 0 aromatic carbocycles. The monoisotopic (exact) mass is 267 g/mol. The summed E-state index contributed by atoms with van der Waals surface area (Å²) in [6.07, 6.45) is 6.97. The van der Waals surface area contributed by atoms with Crippen LogP contribution in [0, 0.1) is 5.92 Å². The highest BCUT2D eigenvalue weighted by Crippen LogP contribution is 2.24. The molecular weight excluding hydrogens is 238 g/mol. The van der Waals surface area contributed by atoms with Crippen LogP contribution in [-0.2, 0) is 0 Å². The van der Waals surface area contributed by atoms with Gasteiger partial charge in [0.05, 0.1) is 0 Å². The first kappa shape index (κ1) is 14.6.